The van der Waals surface area contributed by atoms with E-state index in [0.717, 1.165) is 42.3 Å². The van der Waals surface area contributed by atoms with Crippen molar-refractivity contribution in [1.82, 2.24) is 10.2 Å². The Hall–Kier alpha value is -1.07. The van der Waals surface area contributed by atoms with E-state index in [2.05, 4.69) is 44.3 Å². The Balaban J connectivity index is 1.69. The molecule has 0 bridgehead atoms. The van der Waals surface area contributed by atoms with Crippen molar-refractivity contribution in [3.05, 3.63) is 28.2 Å². The number of carbonyl (C=O) groups is 1. The zero-order valence-electron chi connectivity index (χ0n) is 12.4. The van der Waals surface area contributed by atoms with Crippen LogP contribution in [0.25, 0.3) is 0 Å². The van der Waals surface area contributed by atoms with Crippen molar-refractivity contribution in [3.8, 4) is 0 Å². The molecule has 1 N–H and O–H groups in total. The lowest BCUT2D eigenvalue weighted by molar-refractivity contribution is -0.127. The highest BCUT2D eigenvalue weighted by Crippen LogP contribution is 2.26. The average molecular weight is 352 g/mol. The minimum Gasteiger partial charge on any atom is -0.362 e. The van der Waals surface area contributed by atoms with Gasteiger partial charge in [0.15, 0.2) is 0 Å². The van der Waals surface area contributed by atoms with E-state index in [1.54, 1.807) is 0 Å². The summed E-state index contributed by atoms with van der Waals surface area (Å²) >= 11 is 3.67. The highest BCUT2D eigenvalue weighted by atomic mass is 79.9. The topological polar surface area (TPSA) is 35.6 Å². The van der Waals surface area contributed by atoms with Gasteiger partial charge in [0, 0.05) is 42.9 Å². The van der Waals surface area contributed by atoms with Crippen molar-refractivity contribution >= 4 is 27.5 Å². The Morgan fingerprint density at radius 3 is 2.86 bits per heavy atom. The van der Waals surface area contributed by atoms with E-state index in [9.17, 15) is 4.79 Å². The maximum atomic E-state index is 12.0. The lowest BCUT2D eigenvalue weighted by Crippen LogP contribution is -2.34. The lowest BCUT2D eigenvalue weighted by atomic mass is 10.2. The number of amides is 1. The molecular weight excluding hydrogens is 330 g/mol. The maximum Gasteiger partial charge on any atom is 0.241 e. The van der Waals surface area contributed by atoms with Gasteiger partial charge in [-0.05, 0) is 37.0 Å². The molecule has 5 heteroatoms. The molecule has 1 aliphatic heterocycles. The van der Waals surface area contributed by atoms with E-state index in [4.69, 9.17) is 0 Å². The van der Waals surface area contributed by atoms with Crippen molar-refractivity contribution in [2.75, 3.05) is 31.6 Å². The predicted octanol–water partition coefficient (Wildman–Crippen LogP) is 2.37. The Bertz CT molecular complexity index is 530. The van der Waals surface area contributed by atoms with Crippen LogP contribution in [0.4, 0.5) is 5.69 Å². The van der Waals surface area contributed by atoms with Crippen LogP contribution < -0.4 is 10.2 Å². The molecule has 1 saturated heterocycles. The molecule has 1 amide bonds. The predicted molar refractivity (Wildman–Crippen MR) is 88.5 cm³/mol. The molecule has 1 saturated carbocycles. The van der Waals surface area contributed by atoms with Crippen LogP contribution in [-0.2, 0) is 11.3 Å². The molecule has 2 aliphatic rings. The largest absolute Gasteiger partial charge is 0.362 e. The lowest BCUT2D eigenvalue weighted by Gasteiger charge is -2.22. The van der Waals surface area contributed by atoms with Gasteiger partial charge in [-0.3, -0.25) is 4.79 Å². The average Bonchev–Trinajstić information content (AvgIpc) is 3.28. The normalized spacial score (nSPS) is 19.8. The zero-order valence-corrected chi connectivity index (χ0v) is 14.0. The Labute approximate surface area is 134 Å². The number of rotatable bonds is 4. The number of anilines is 1. The number of nitrogens with one attached hydrogen (secondary N) is 1. The number of hydrogen-bond acceptors (Lipinski definition) is 3. The minimum absolute atomic E-state index is 0.197. The van der Waals surface area contributed by atoms with Crippen molar-refractivity contribution < 1.29 is 4.79 Å². The summed E-state index contributed by atoms with van der Waals surface area (Å²) in [7, 11) is 1.88. The van der Waals surface area contributed by atoms with Crippen molar-refractivity contribution in [2.24, 2.45) is 0 Å². The summed E-state index contributed by atoms with van der Waals surface area (Å²) in [5.41, 5.74) is 2.41. The molecule has 1 heterocycles. The van der Waals surface area contributed by atoms with Crippen molar-refractivity contribution in [2.45, 2.75) is 31.8 Å². The first-order valence-corrected chi connectivity index (χ1v) is 8.43. The van der Waals surface area contributed by atoms with Gasteiger partial charge in [0.05, 0.1) is 6.54 Å². The van der Waals surface area contributed by atoms with Gasteiger partial charge in [0.2, 0.25) is 5.91 Å². The van der Waals surface area contributed by atoms with Crippen LogP contribution in [0.15, 0.2) is 22.7 Å². The fourth-order valence-corrected chi connectivity index (χ4v) is 3.13. The van der Waals surface area contributed by atoms with Gasteiger partial charge in [0.25, 0.3) is 0 Å². The Morgan fingerprint density at radius 1 is 1.33 bits per heavy atom. The van der Waals surface area contributed by atoms with Crippen LogP contribution >= 0.6 is 15.9 Å². The Morgan fingerprint density at radius 2 is 2.14 bits per heavy atom. The van der Waals surface area contributed by atoms with Crippen LogP contribution in [0, 0.1) is 0 Å². The standard InChI is InChI=1S/C16H22BrN3O/c1-19-7-2-8-20(11-16(19)21)14-6-3-12(15(17)9-14)10-18-13-4-5-13/h3,6,9,13,18H,2,4-5,7-8,10-11H2,1H3. The summed E-state index contributed by atoms with van der Waals surface area (Å²) in [6, 6.07) is 7.15. The summed E-state index contributed by atoms with van der Waals surface area (Å²) in [5.74, 6) is 0.197. The monoisotopic (exact) mass is 351 g/mol. The van der Waals surface area contributed by atoms with E-state index >= 15 is 0 Å². The first-order valence-electron chi connectivity index (χ1n) is 7.64. The molecule has 1 aromatic rings. The molecular formula is C16H22BrN3O. The smallest absolute Gasteiger partial charge is 0.241 e. The number of halogens is 1. The molecule has 0 aromatic heterocycles. The number of carbonyl (C=O) groups excluding carboxylic acids is 1. The SMILES string of the molecule is CN1CCCN(c2ccc(CNC3CC3)c(Br)c2)CC1=O. The highest BCUT2D eigenvalue weighted by molar-refractivity contribution is 9.10. The number of nitrogens with zero attached hydrogens (tertiary/aromatic N) is 2. The number of likely N-dealkylation sites (N-methyl/N-ethyl adjacent to an activating group) is 1. The van der Waals surface area contributed by atoms with Crippen LogP contribution in [0.2, 0.25) is 0 Å². The third kappa shape index (κ3) is 3.77. The fourth-order valence-electron chi connectivity index (χ4n) is 2.62. The maximum absolute atomic E-state index is 12.0. The first-order chi connectivity index (χ1) is 10.1. The third-order valence-electron chi connectivity index (χ3n) is 4.23. The fraction of sp³-hybridized carbons (Fsp3) is 0.562. The van der Waals surface area contributed by atoms with Crippen LogP contribution in [0.1, 0.15) is 24.8 Å². The molecule has 1 aromatic carbocycles. The van der Waals surface area contributed by atoms with Crippen LogP contribution in [-0.4, -0.2) is 43.5 Å². The summed E-state index contributed by atoms with van der Waals surface area (Å²) in [6.45, 7) is 3.16. The molecule has 114 valence electrons. The molecule has 4 nitrogen and oxygen atoms in total. The van der Waals surface area contributed by atoms with Gasteiger partial charge in [0.1, 0.15) is 0 Å². The minimum atomic E-state index is 0.197. The molecule has 0 spiro atoms. The second-order valence-corrected chi connectivity index (χ2v) is 6.88. The van der Waals surface area contributed by atoms with Gasteiger partial charge in [-0.1, -0.05) is 22.0 Å². The van der Waals surface area contributed by atoms with Gasteiger partial charge in [-0.15, -0.1) is 0 Å². The summed E-state index contributed by atoms with van der Waals surface area (Å²) < 4.78 is 1.12. The van der Waals surface area contributed by atoms with Crippen molar-refractivity contribution in [3.63, 3.8) is 0 Å². The van der Waals surface area contributed by atoms with E-state index in [1.807, 2.05) is 11.9 Å². The first kappa shape index (κ1) is 14.9. The summed E-state index contributed by atoms with van der Waals surface area (Å²) in [4.78, 5) is 16.0. The van der Waals surface area contributed by atoms with E-state index in [-0.39, 0.29) is 5.91 Å². The molecule has 21 heavy (non-hydrogen) atoms. The number of benzene rings is 1. The van der Waals surface area contributed by atoms with Crippen molar-refractivity contribution in [1.29, 1.82) is 0 Å². The second-order valence-electron chi connectivity index (χ2n) is 6.02. The molecule has 0 unspecified atom stereocenters. The Kier molecular flexibility index (Phi) is 4.50. The molecule has 0 atom stereocenters. The van der Waals surface area contributed by atoms with Gasteiger partial charge in [-0.25, -0.2) is 0 Å². The number of hydrogen-bond donors (Lipinski definition) is 1. The molecule has 0 radical (unpaired) electrons. The summed E-state index contributed by atoms with van der Waals surface area (Å²) in [6.07, 6.45) is 3.63. The molecule has 2 fully saturated rings. The van der Waals surface area contributed by atoms with Crippen LogP contribution in [0.5, 0.6) is 0 Å². The van der Waals surface area contributed by atoms with E-state index in [1.165, 1.54) is 18.4 Å². The van der Waals surface area contributed by atoms with Gasteiger partial charge >= 0.3 is 0 Å². The van der Waals surface area contributed by atoms with Gasteiger partial charge in [-0.2, -0.15) is 0 Å². The molecule has 3 rings (SSSR count). The molecule has 1 aliphatic carbocycles. The highest BCUT2D eigenvalue weighted by Gasteiger charge is 2.21. The quantitative estimate of drug-likeness (QED) is 0.904. The van der Waals surface area contributed by atoms with Crippen LogP contribution in [0.3, 0.4) is 0 Å². The zero-order chi connectivity index (χ0) is 14.8. The third-order valence-corrected chi connectivity index (χ3v) is 4.97. The van der Waals surface area contributed by atoms with Gasteiger partial charge < -0.3 is 15.1 Å². The van der Waals surface area contributed by atoms with E-state index < -0.39 is 0 Å². The summed E-state index contributed by atoms with van der Waals surface area (Å²) in [5, 5.41) is 3.53. The second kappa shape index (κ2) is 6.36. The van der Waals surface area contributed by atoms with E-state index in [0.29, 0.717) is 6.54 Å².